The van der Waals surface area contributed by atoms with Crippen molar-refractivity contribution in [2.24, 2.45) is 0 Å². The minimum Gasteiger partial charge on any atom is -0.494 e. The fourth-order valence-corrected chi connectivity index (χ4v) is 3.67. The van der Waals surface area contributed by atoms with E-state index in [1.54, 1.807) is 0 Å². The van der Waals surface area contributed by atoms with Gasteiger partial charge in [-0.3, -0.25) is 0 Å². The molecule has 2 aromatic carbocycles. The maximum absolute atomic E-state index is 9.24. The zero-order chi connectivity index (χ0) is 22.3. The van der Waals surface area contributed by atoms with Gasteiger partial charge in [0.1, 0.15) is 36.1 Å². The van der Waals surface area contributed by atoms with E-state index in [0.717, 1.165) is 28.2 Å². The number of allylic oxidation sites excluding steroid dienone is 3. The number of aliphatic hydroxyl groups is 1. The van der Waals surface area contributed by atoms with Crippen LogP contribution in [0.25, 0.3) is 10.9 Å². The second kappa shape index (κ2) is 10.2. The van der Waals surface area contributed by atoms with Gasteiger partial charge in [0, 0.05) is 11.9 Å². The first-order valence-electron chi connectivity index (χ1n) is 10.8. The first-order chi connectivity index (χ1) is 15.7. The van der Waals surface area contributed by atoms with Crippen molar-refractivity contribution in [1.82, 2.24) is 9.97 Å². The lowest BCUT2D eigenvalue weighted by Crippen LogP contribution is -2.33. The number of nitrogens with one attached hydrogen (secondary N) is 1. The summed E-state index contributed by atoms with van der Waals surface area (Å²) in [4.78, 5) is 11.8. The third-order valence-corrected chi connectivity index (χ3v) is 5.18. The van der Waals surface area contributed by atoms with Crippen molar-refractivity contribution in [1.29, 1.82) is 0 Å². The fourth-order valence-electron chi connectivity index (χ4n) is 3.67. The van der Waals surface area contributed by atoms with E-state index in [0.29, 0.717) is 36.9 Å². The number of aliphatic hydroxyl groups excluding tert-OH is 1. The number of hydrogen-bond donors (Lipinski definition) is 2. The average molecular weight is 433 g/mol. The summed E-state index contributed by atoms with van der Waals surface area (Å²) in [7, 11) is 0. The Morgan fingerprint density at radius 3 is 2.78 bits per heavy atom. The number of anilines is 2. The molecule has 1 aliphatic heterocycles. The molecule has 2 N–H and O–H groups in total. The summed E-state index contributed by atoms with van der Waals surface area (Å²) >= 11 is 0. The van der Waals surface area contributed by atoms with Crippen molar-refractivity contribution >= 4 is 22.7 Å². The van der Waals surface area contributed by atoms with Crippen molar-refractivity contribution in [3.63, 3.8) is 0 Å². The second-order valence-corrected chi connectivity index (χ2v) is 7.38. The van der Waals surface area contributed by atoms with Gasteiger partial charge in [-0.15, -0.1) is 0 Å². The third kappa shape index (κ3) is 4.68. The molecular weight excluding hydrogens is 404 g/mol. The number of benzene rings is 2. The van der Waals surface area contributed by atoms with E-state index in [4.69, 9.17) is 19.4 Å². The van der Waals surface area contributed by atoms with E-state index in [-0.39, 0.29) is 13.2 Å². The molecule has 0 saturated heterocycles. The monoisotopic (exact) mass is 432 g/mol. The first-order valence-corrected chi connectivity index (χ1v) is 10.8. The molecular formula is C25H28N4O3. The molecule has 0 amide bonds. The van der Waals surface area contributed by atoms with Gasteiger partial charge in [-0.25, -0.2) is 4.98 Å². The minimum absolute atomic E-state index is 0.0652. The number of rotatable bonds is 8. The molecule has 2 heterocycles. The molecule has 4 rings (SSSR count). The Morgan fingerprint density at radius 2 is 2.00 bits per heavy atom. The molecule has 166 valence electrons. The predicted octanol–water partition coefficient (Wildman–Crippen LogP) is 4.26. The zero-order valence-corrected chi connectivity index (χ0v) is 18.4. The highest BCUT2D eigenvalue weighted by molar-refractivity contribution is 5.94. The van der Waals surface area contributed by atoms with Crippen LogP contribution in [0.2, 0.25) is 0 Å². The van der Waals surface area contributed by atoms with Crippen LogP contribution in [0.4, 0.5) is 11.8 Å². The molecule has 0 fully saturated rings. The Bertz CT molecular complexity index is 1130. The average Bonchev–Trinajstić information content (AvgIpc) is 2.83. The Labute approximate surface area is 188 Å². The summed E-state index contributed by atoms with van der Waals surface area (Å²) < 4.78 is 11.5. The van der Waals surface area contributed by atoms with Gasteiger partial charge in [-0.1, -0.05) is 42.5 Å². The molecule has 7 heteroatoms. The standard InChI is InChI=1S/C25H28N4O3/c1-3-8-21-18(2)31-15-13-29(21)25-27-23-20(11-7-12-22(23)32-16-14-30)24(28-25)26-17-19-9-5-4-6-10-19/h3-12,30H,13-17H2,1-2H3,(H,26,27,28)/b8-3-. The summed E-state index contributed by atoms with van der Waals surface area (Å²) in [6.07, 6.45) is 3.99. The van der Waals surface area contributed by atoms with E-state index in [2.05, 4.69) is 22.3 Å². The van der Waals surface area contributed by atoms with Crippen molar-refractivity contribution in [3.05, 3.63) is 77.7 Å². The number of ether oxygens (including phenoxy) is 2. The lowest BCUT2D eigenvalue weighted by atomic mass is 10.2. The van der Waals surface area contributed by atoms with Crippen molar-refractivity contribution in [3.8, 4) is 5.75 Å². The van der Waals surface area contributed by atoms with E-state index in [1.807, 2.05) is 62.4 Å². The van der Waals surface area contributed by atoms with Crippen LogP contribution in [-0.4, -0.2) is 41.4 Å². The van der Waals surface area contributed by atoms with Crippen LogP contribution in [0.15, 0.2) is 72.1 Å². The highest BCUT2D eigenvalue weighted by atomic mass is 16.5. The molecule has 0 atom stereocenters. The molecule has 1 aromatic heterocycles. The second-order valence-electron chi connectivity index (χ2n) is 7.38. The van der Waals surface area contributed by atoms with Gasteiger partial charge >= 0.3 is 0 Å². The molecule has 3 aromatic rings. The molecule has 0 bridgehead atoms. The number of para-hydroxylation sites is 1. The quantitative estimate of drug-likeness (QED) is 0.551. The van der Waals surface area contributed by atoms with Crippen molar-refractivity contribution < 1.29 is 14.6 Å². The highest BCUT2D eigenvalue weighted by Crippen LogP contribution is 2.33. The van der Waals surface area contributed by atoms with E-state index in [1.165, 1.54) is 0 Å². The fraction of sp³-hybridized carbons (Fsp3) is 0.280. The predicted molar refractivity (Wildman–Crippen MR) is 127 cm³/mol. The maximum Gasteiger partial charge on any atom is 0.232 e. The van der Waals surface area contributed by atoms with Crippen LogP contribution in [0.1, 0.15) is 19.4 Å². The largest absolute Gasteiger partial charge is 0.494 e. The number of fused-ring (bicyclic) bond motifs is 1. The molecule has 0 saturated carbocycles. The molecule has 32 heavy (non-hydrogen) atoms. The molecule has 0 aliphatic carbocycles. The zero-order valence-electron chi connectivity index (χ0n) is 18.4. The topological polar surface area (TPSA) is 79.7 Å². The molecule has 0 unspecified atom stereocenters. The summed E-state index contributed by atoms with van der Waals surface area (Å²) in [6, 6.07) is 15.9. The Hall–Kier alpha value is -3.58. The van der Waals surface area contributed by atoms with Gasteiger partial charge in [-0.2, -0.15) is 4.98 Å². The molecule has 1 aliphatic rings. The lowest BCUT2D eigenvalue weighted by molar-refractivity contribution is 0.202. The van der Waals surface area contributed by atoms with Crippen LogP contribution in [0.3, 0.4) is 0 Å². The van der Waals surface area contributed by atoms with Gasteiger partial charge in [0.2, 0.25) is 5.95 Å². The van der Waals surface area contributed by atoms with E-state index in [9.17, 15) is 5.11 Å². The maximum atomic E-state index is 9.24. The van der Waals surface area contributed by atoms with Crippen LogP contribution in [0, 0.1) is 0 Å². The van der Waals surface area contributed by atoms with Gasteiger partial charge in [0.05, 0.1) is 18.8 Å². The summed E-state index contributed by atoms with van der Waals surface area (Å²) in [5, 5.41) is 13.6. The first kappa shape index (κ1) is 21.6. The smallest absolute Gasteiger partial charge is 0.232 e. The summed E-state index contributed by atoms with van der Waals surface area (Å²) in [6.45, 7) is 5.89. The normalized spacial score (nSPS) is 14.2. The molecule has 0 spiro atoms. The number of nitrogens with zero attached hydrogens (tertiary/aromatic N) is 3. The van der Waals surface area contributed by atoms with Gasteiger partial charge < -0.3 is 24.8 Å². The van der Waals surface area contributed by atoms with Gasteiger partial charge in [0.15, 0.2) is 0 Å². The van der Waals surface area contributed by atoms with E-state index >= 15 is 0 Å². The van der Waals surface area contributed by atoms with Crippen molar-refractivity contribution in [2.45, 2.75) is 20.4 Å². The van der Waals surface area contributed by atoms with Crippen LogP contribution in [-0.2, 0) is 11.3 Å². The summed E-state index contributed by atoms with van der Waals surface area (Å²) in [5.74, 6) is 2.75. The van der Waals surface area contributed by atoms with Gasteiger partial charge in [-0.05, 0) is 37.6 Å². The SMILES string of the molecule is C/C=C\C1=C(C)OCCN1c1nc(NCc2ccccc2)c2cccc(OCCO)c2n1. The van der Waals surface area contributed by atoms with Crippen LogP contribution in [0.5, 0.6) is 5.75 Å². The molecule has 7 nitrogen and oxygen atoms in total. The Morgan fingerprint density at radius 1 is 1.16 bits per heavy atom. The summed E-state index contributed by atoms with van der Waals surface area (Å²) in [5.41, 5.74) is 2.79. The van der Waals surface area contributed by atoms with Crippen molar-refractivity contribution in [2.75, 3.05) is 36.6 Å². The lowest BCUT2D eigenvalue weighted by Gasteiger charge is -2.30. The third-order valence-electron chi connectivity index (χ3n) is 5.18. The van der Waals surface area contributed by atoms with E-state index < -0.39 is 0 Å². The minimum atomic E-state index is -0.0652. The van der Waals surface area contributed by atoms with Crippen LogP contribution >= 0.6 is 0 Å². The molecule has 0 radical (unpaired) electrons. The highest BCUT2D eigenvalue weighted by Gasteiger charge is 2.23. The Kier molecular flexibility index (Phi) is 6.87. The van der Waals surface area contributed by atoms with Crippen LogP contribution < -0.4 is 15.0 Å². The van der Waals surface area contributed by atoms with Gasteiger partial charge in [0.25, 0.3) is 0 Å². The number of hydrogen-bond acceptors (Lipinski definition) is 7. The Balaban J connectivity index is 1.81. The number of aromatic nitrogens is 2.